The Morgan fingerprint density at radius 1 is 1.25 bits per heavy atom. The van der Waals surface area contributed by atoms with Crippen LogP contribution in [0, 0.1) is 0 Å². The maximum absolute atomic E-state index is 12.3. The van der Waals surface area contributed by atoms with E-state index < -0.39 is 12.1 Å². The van der Waals surface area contributed by atoms with E-state index >= 15 is 0 Å². The van der Waals surface area contributed by atoms with Gasteiger partial charge in [0.2, 0.25) is 11.7 Å². The molecule has 0 saturated heterocycles. The molecule has 0 fully saturated rings. The van der Waals surface area contributed by atoms with Gasteiger partial charge in [-0.25, -0.2) is 9.78 Å². The van der Waals surface area contributed by atoms with Crippen molar-refractivity contribution < 1.29 is 19.1 Å². The first-order valence-corrected chi connectivity index (χ1v) is 8.36. The third-order valence-corrected chi connectivity index (χ3v) is 4.05. The number of benzene rings is 1. The van der Waals surface area contributed by atoms with Crippen LogP contribution in [-0.2, 0) is 16.0 Å². The molecule has 0 saturated carbocycles. The molecule has 0 aliphatic rings. The monoisotopic (exact) mass is 346 g/mol. The Kier molecular flexibility index (Phi) is 5.81. The zero-order chi connectivity index (χ0) is 17.7. The summed E-state index contributed by atoms with van der Waals surface area (Å²) in [4.78, 5) is 39.3. The van der Waals surface area contributed by atoms with Crippen LogP contribution in [0.15, 0.2) is 29.6 Å². The number of hydrogen-bond donors (Lipinski definition) is 1. The second kappa shape index (κ2) is 7.83. The Hall–Kier alpha value is -2.54. The Bertz CT molecular complexity index is 752. The van der Waals surface area contributed by atoms with Crippen LogP contribution in [0.4, 0.5) is 5.13 Å². The highest BCUT2D eigenvalue weighted by Crippen LogP contribution is 2.17. The molecule has 2 rings (SSSR count). The smallest absolute Gasteiger partial charge is 0.358 e. The van der Waals surface area contributed by atoms with Crippen LogP contribution in [0.25, 0.3) is 0 Å². The maximum Gasteiger partial charge on any atom is 0.358 e. The van der Waals surface area contributed by atoms with E-state index in [4.69, 9.17) is 4.74 Å². The van der Waals surface area contributed by atoms with Gasteiger partial charge in [0.05, 0.1) is 0 Å². The van der Waals surface area contributed by atoms with Crippen LogP contribution in [-0.4, -0.2) is 28.7 Å². The summed E-state index contributed by atoms with van der Waals surface area (Å²) < 4.78 is 5.17. The summed E-state index contributed by atoms with van der Waals surface area (Å²) in [5.74, 6) is -1.25. The summed E-state index contributed by atoms with van der Waals surface area (Å²) in [7, 11) is 0. The first kappa shape index (κ1) is 17.8. The third-order valence-electron chi connectivity index (χ3n) is 3.30. The number of rotatable bonds is 6. The molecule has 1 aromatic heterocycles. The molecule has 0 aliphatic carbocycles. The molecule has 7 heteroatoms. The van der Waals surface area contributed by atoms with Gasteiger partial charge in [0.1, 0.15) is 0 Å². The quantitative estimate of drug-likeness (QED) is 0.642. The molecule has 1 atom stereocenters. The number of anilines is 1. The van der Waals surface area contributed by atoms with E-state index in [1.165, 1.54) is 19.2 Å². The number of amides is 1. The van der Waals surface area contributed by atoms with Crippen LogP contribution >= 0.6 is 11.3 Å². The molecule has 6 nitrogen and oxygen atoms in total. The van der Waals surface area contributed by atoms with Crippen molar-refractivity contribution in [3.63, 3.8) is 0 Å². The number of thiazole rings is 1. The number of esters is 1. The summed E-state index contributed by atoms with van der Waals surface area (Å²) in [6.07, 6.45) is -0.0321. The molecule has 1 N–H and O–H groups in total. The fourth-order valence-electron chi connectivity index (χ4n) is 1.99. The van der Waals surface area contributed by atoms with Gasteiger partial charge in [0.25, 0.3) is 0 Å². The van der Waals surface area contributed by atoms with E-state index in [2.05, 4.69) is 10.3 Å². The predicted molar refractivity (Wildman–Crippen MR) is 91.4 cm³/mol. The number of aryl methyl sites for hydroxylation is 1. The molecule has 126 valence electrons. The number of nitrogens with zero attached hydrogens (tertiary/aromatic N) is 1. The minimum Gasteiger partial charge on any atom is -0.450 e. The molecule has 1 heterocycles. The number of carbonyl (C=O) groups is 3. The fourth-order valence-corrected chi connectivity index (χ4v) is 2.72. The van der Waals surface area contributed by atoms with Gasteiger partial charge in [-0.05, 0) is 18.9 Å². The number of carbonyl (C=O) groups excluding carboxylic acids is 3. The molecule has 0 radical (unpaired) electrons. The summed E-state index contributed by atoms with van der Waals surface area (Å²) in [5.41, 5.74) is 1.68. The molecule has 2 aromatic rings. The highest BCUT2D eigenvalue weighted by molar-refractivity contribution is 7.14. The lowest BCUT2D eigenvalue weighted by Gasteiger charge is -2.11. The first-order chi connectivity index (χ1) is 11.4. The maximum atomic E-state index is 12.3. The number of nitrogens with one attached hydrogen (secondary N) is 1. The third kappa shape index (κ3) is 4.48. The molecule has 1 unspecified atom stereocenters. The van der Waals surface area contributed by atoms with Gasteiger partial charge in [-0.2, -0.15) is 0 Å². The molecule has 0 spiro atoms. The highest BCUT2D eigenvalue weighted by atomic mass is 32.1. The van der Waals surface area contributed by atoms with E-state index in [1.807, 2.05) is 19.1 Å². The molecule has 24 heavy (non-hydrogen) atoms. The van der Waals surface area contributed by atoms with E-state index in [1.54, 1.807) is 12.1 Å². The molecular formula is C17H18N2O4S. The fraction of sp³-hybridized carbons (Fsp3) is 0.294. The average Bonchev–Trinajstić information content (AvgIpc) is 3.02. The van der Waals surface area contributed by atoms with Gasteiger partial charge >= 0.3 is 5.97 Å². The second-order valence-electron chi connectivity index (χ2n) is 5.18. The van der Waals surface area contributed by atoms with Gasteiger partial charge in [-0.3, -0.25) is 9.59 Å². The summed E-state index contributed by atoms with van der Waals surface area (Å²) in [5, 5.41) is 4.27. The number of aromatic nitrogens is 1. The van der Waals surface area contributed by atoms with Crippen LogP contribution in [0.3, 0.4) is 0 Å². The van der Waals surface area contributed by atoms with Crippen LogP contribution < -0.4 is 5.32 Å². The predicted octanol–water partition coefficient (Wildman–Crippen LogP) is 3.09. The molecule has 1 aromatic carbocycles. The Labute approximate surface area is 143 Å². The molecule has 0 aliphatic heterocycles. The summed E-state index contributed by atoms with van der Waals surface area (Å²) in [6, 6.07) is 7.20. The van der Waals surface area contributed by atoms with Crippen LogP contribution in [0.5, 0.6) is 0 Å². The van der Waals surface area contributed by atoms with Gasteiger partial charge in [0.15, 0.2) is 16.9 Å². The average molecular weight is 346 g/mol. The Balaban J connectivity index is 2.00. The number of hydrogen-bond acceptors (Lipinski definition) is 6. The lowest BCUT2D eigenvalue weighted by atomic mass is 10.0. The lowest BCUT2D eigenvalue weighted by molar-refractivity contribution is -0.114. The van der Waals surface area contributed by atoms with Crippen LogP contribution in [0.1, 0.15) is 47.2 Å². The number of Topliss-reactive ketones (excluding diaryl/α,β-unsaturated/α-hetero) is 1. The van der Waals surface area contributed by atoms with E-state index in [0.29, 0.717) is 10.7 Å². The van der Waals surface area contributed by atoms with Gasteiger partial charge in [-0.15, -0.1) is 11.3 Å². The van der Waals surface area contributed by atoms with E-state index in [0.717, 1.165) is 23.3 Å². The van der Waals surface area contributed by atoms with E-state index in [-0.39, 0.29) is 17.4 Å². The number of ether oxygens (including phenoxy) is 1. The highest BCUT2D eigenvalue weighted by Gasteiger charge is 2.22. The summed E-state index contributed by atoms with van der Waals surface area (Å²) in [6.45, 7) is 4.91. The molecule has 0 bridgehead atoms. The zero-order valence-corrected chi connectivity index (χ0v) is 14.5. The second-order valence-corrected chi connectivity index (χ2v) is 6.04. The van der Waals surface area contributed by atoms with Crippen molar-refractivity contribution in [3.05, 3.63) is 46.5 Å². The van der Waals surface area contributed by atoms with Gasteiger partial charge in [-0.1, -0.05) is 31.2 Å². The minimum absolute atomic E-state index is 0.0599. The lowest BCUT2D eigenvalue weighted by Crippen LogP contribution is -2.24. The van der Waals surface area contributed by atoms with Crippen LogP contribution in [0.2, 0.25) is 0 Å². The normalized spacial score (nSPS) is 11.6. The molecular weight excluding hydrogens is 328 g/mol. The van der Waals surface area contributed by atoms with Gasteiger partial charge < -0.3 is 10.1 Å². The largest absolute Gasteiger partial charge is 0.450 e. The van der Waals surface area contributed by atoms with Crippen molar-refractivity contribution in [2.45, 2.75) is 33.3 Å². The van der Waals surface area contributed by atoms with Crippen molar-refractivity contribution >= 4 is 34.1 Å². The van der Waals surface area contributed by atoms with E-state index in [9.17, 15) is 14.4 Å². The van der Waals surface area contributed by atoms with Crippen molar-refractivity contribution in [3.8, 4) is 0 Å². The SMILES string of the molecule is CCc1ccc(C(=O)C(C)OC(=O)c2csc(NC(C)=O)n2)cc1. The zero-order valence-electron chi connectivity index (χ0n) is 13.7. The van der Waals surface area contributed by atoms with Crippen molar-refractivity contribution in [2.24, 2.45) is 0 Å². The number of ketones is 1. The van der Waals surface area contributed by atoms with Crippen molar-refractivity contribution in [1.29, 1.82) is 0 Å². The first-order valence-electron chi connectivity index (χ1n) is 7.48. The Morgan fingerprint density at radius 2 is 1.92 bits per heavy atom. The minimum atomic E-state index is -0.920. The topological polar surface area (TPSA) is 85.4 Å². The van der Waals surface area contributed by atoms with Crippen molar-refractivity contribution in [2.75, 3.05) is 5.32 Å². The van der Waals surface area contributed by atoms with Crippen molar-refractivity contribution in [1.82, 2.24) is 4.98 Å². The standard InChI is InChI=1S/C17H18N2O4S/c1-4-12-5-7-13(8-6-12)15(21)10(2)23-16(22)14-9-24-17(19-14)18-11(3)20/h5-10H,4H2,1-3H3,(H,18,19,20). The summed E-state index contributed by atoms with van der Waals surface area (Å²) >= 11 is 1.11. The van der Waals surface area contributed by atoms with Gasteiger partial charge in [0, 0.05) is 17.9 Å². The molecule has 1 amide bonds. The Morgan fingerprint density at radius 3 is 2.50 bits per heavy atom.